The van der Waals surface area contributed by atoms with Crippen LogP contribution in [0.15, 0.2) is 18.2 Å². The van der Waals surface area contributed by atoms with Crippen molar-refractivity contribution in [3.8, 4) is 0 Å². The van der Waals surface area contributed by atoms with Gasteiger partial charge in [0.25, 0.3) is 0 Å². The minimum atomic E-state index is -0.373. The maximum absolute atomic E-state index is 11.5. The summed E-state index contributed by atoms with van der Waals surface area (Å²) in [5.41, 5.74) is 2.40. The van der Waals surface area contributed by atoms with Gasteiger partial charge >= 0.3 is 13.1 Å². The van der Waals surface area contributed by atoms with Gasteiger partial charge in [0, 0.05) is 0 Å². The summed E-state index contributed by atoms with van der Waals surface area (Å²) in [6.45, 7) is 10.2. The number of benzene rings is 1. The summed E-state index contributed by atoms with van der Waals surface area (Å²) >= 11 is 0. The highest BCUT2D eigenvalue weighted by Crippen LogP contribution is 2.36. The molecule has 0 N–H and O–H groups in total. The van der Waals surface area contributed by atoms with Gasteiger partial charge in [-0.1, -0.05) is 25.1 Å². The van der Waals surface area contributed by atoms with Crippen molar-refractivity contribution in [3.63, 3.8) is 0 Å². The van der Waals surface area contributed by atoms with Gasteiger partial charge in [0.1, 0.15) is 0 Å². The Bertz CT molecular complexity index is 550. The number of rotatable bonds is 4. The molecule has 1 aliphatic rings. The van der Waals surface area contributed by atoms with Gasteiger partial charge < -0.3 is 14.0 Å². The van der Waals surface area contributed by atoms with Crippen LogP contribution < -0.4 is 5.46 Å². The van der Waals surface area contributed by atoms with Crippen LogP contribution in [0.4, 0.5) is 0 Å². The molecule has 0 radical (unpaired) electrons. The Labute approximate surface area is 133 Å². The number of methoxy groups -OCH3 is 1. The zero-order valence-electron chi connectivity index (χ0n) is 14.4. The molecule has 0 amide bonds. The number of aryl methyl sites for hydroxylation is 1. The zero-order valence-corrected chi connectivity index (χ0v) is 14.4. The first-order valence-electron chi connectivity index (χ1n) is 7.74. The Morgan fingerprint density at radius 1 is 1.14 bits per heavy atom. The third-order valence-electron chi connectivity index (χ3n) is 4.70. The quantitative estimate of drug-likeness (QED) is 0.632. The molecule has 0 spiro atoms. The molecule has 5 heteroatoms. The summed E-state index contributed by atoms with van der Waals surface area (Å²) in [6, 6.07) is 6.01. The molecule has 120 valence electrons. The van der Waals surface area contributed by atoms with Crippen LogP contribution in [0.3, 0.4) is 0 Å². The Morgan fingerprint density at radius 2 is 1.73 bits per heavy atom. The molecule has 1 heterocycles. The van der Waals surface area contributed by atoms with E-state index in [2.05, 4.69) is 13.0 Å². The largest absolute Gasteiger partial charge is 0.494 e. The summed E-state index contributed by atoms with van der Waals surface area (Å²) in [7, 11) is 1.04. The molecule has 0 saturated carbocycles. The number of carbonyl (C=O) groups excluding carboxylic acids is 1. The van der Waals surface area contributed by atoms with Gasteiger partial charge in [0.15, 0.2) is 0 Å². The van der Waals surface area contributed by atoms with Gasteiger partial charge in [-0.2, -0.15) is 0 Å². The van der Waals surface area contributed by atoms with Gasteiger partial charge in [0.2, 0.25) is 0 Å². The van der Waals surface area contributed by atoms with E-state index < -0.39 is 0 Å². The number of carbonyl (C=O) groups is 1. The van der Waals surface area contributed by atoms with E-state index in [1.165, 1.54) is 7.11 Å². The second kappa shape index (κ2) is 6.05. The molecule has 1 fully saturated rings. The van der Waals surface area contributed by atoms with Crippen molar-refractivity contribution in [3.05, 3.63) is 29.3 Å². The van der Waals surface area contributed by atoms with E-state index in [9.17, 15) is 4.79 Å². The summed E-state index contributed by atoms with van der Waals surface area (Å²) < 4.78 is 16.9. The fraction of sp³-hybridized carbons (Fsp3) is 0.588. The van der Waals surface area contributed by atoms with Crippen LogP contribution in [0, 0.1) is 0 Å². The molecule has 0 atom stereocenters. The first-order chi connectivity index (χ1) is 10.2. The lowest BCUT2D eigenvalue weighted by atomic mass is 9.77. The molecular weight excluding hydrogens is 279 g/mol. The third-order valence-corrected chi connectivity index (χ3v) is 4.70. The second-order valence-electron chi connectivity index (χ2n) is 6.72. The van der Waals surface area contributed by atoms with Crippen LogP contribution in [-0.4, -0.2) is 31.4 Å². The van der Waals surface area contributed by atoms with E-state index in [0.717, 1.165) is 23.0 Å². The third kappa shape index (κ3) is 3.20. The topological polar surface area (TPSA) is 44.8 Å². The van der Waals surface area contributed by atoms with Crippen LogP contribution in [0.1, 0.15) is 45.7 Å². The molecule has 0 aliphatic carbocycles. The van der Waals surface area contributed by atoms with Crippen LogP contribution in [0.2, 0.25) is 0 Å². The summed E-state index contributed by atoms with van der Waals surface area (Å²) in [4.78, 5) is 11.5. The van der Waals surface area contributed by atoms with E-state index in [0.29, 0.717) is 6.42 Å². The highest BCUT2D eigenvalue weighted by molar-refractivity contribution is 6.62. The Hall–Kier alpha value is -1.33. The highest BCUT2D eigenvalue weighted by atomic mass is 16.7. The molecule has 1 aliphatic heterocycles. The SMILES string of the molecule is CCc1cc(B2OC(C)(C)C(C)(C)O2)ccc1CC(=O)OC. The smallest absolute Gasteiger partial charge is 0.469 e. The molecule has 22 heavy (non-hydrogen) atoms. The molecular formula is C17H25BO4. The lowest BCUT2D eigenvalue weighted by Crippen LogP contribution is -2.41. The van der Waals surface area contributed by atoms with Gasteiger partial charge in [0.05, 0.1) is 24.7 Å². The molecule has 1 aromatic carbocycles. The summed E-state index contributed by atoms with van der Waals surface area (Å²) in [5, 5.41) is 0. The normalized spacial score (nSPS) is 19.3. The van der Waals surface area contributed by atoms with Crippen molar-refractivity contribution < 1.29 is 18.8 Å². The molecule has 1 aromatic rings. The Balaban J connectivity index is 2.26. The lowest BCUT2D eigenvalue weighted by Gasteiger charge is -2.32. The fourth-order valence-electron chi connectivity index (χ4n) is 2.50. The minimum Gasteiger partial charge on any atom is -0.469 e. The first kappa shape index (κ1) is 17.0. The van der Waals surface area contributed by atoms with Crippen molar-refractivity contribution in [2.75, 3.05) is 7.11 Å². The molecule has 0 bridgehead atoms. The summed E-state index contributed by atoms with van der Waals surface area (Å²) in [6.07, 6.45) is 1.14. The molecule has 1 saturated heterocycles. The number of hydrogen-bond donors (Lipinski definition) is 0. The van der Waals surface area contributed by atoms with Gasteiger partial charge in [-0.15, -0.1) is 0 Å². The first-order valence-corrected chi connectivity index (χ1v) is 7.74. The fourth-order valence-corrected chi connectivity index (χ4v) is 2.50. The van der Waals surface area contributed by atoms with Crippen LogP contribution >= 0.6 is 0 Å². The van der Waals surface area contributed by atoms with E-state index in [4.69, 9.17) is 14.0 Å². The predicted molar refractivity (Wildman–Crippen MR) is 87.3 cm³/mol. The van der Waals surface area contributed by atoms with Crippen molar-refractivity contribution in [2.24, 2.45) is 0 Å². The van der Waals surface area contributed by atoms with Crippen LogP contribution in [0.5, 0.6) is 0 Å². The van der Waals surface area contributed by atoms with Crippen molar-refractivity contribution in [2.45, 2.75) is 58.7 Å². The average Bonchev–Trinajstić information content (AvgIpc) is 2.67. The zero-order chi connectivity index (χ0) is 16.5. The Kier molecular flexibility index (Phi) is 4.69. The number of esters is 1. The van der Waals surface area contributed by atoms with Crippen molar-refractivity contribution >= 4 is 18.6 Å². The van der Waals surface area contributed by atoms with E-state index >= 15 is 0 Å². The minimum absolute atomic E-state index is 0.224. The Morgan fingerprint density at radius 3 is 2.23 bits per heavy atom. The van der Waals surface area contributed by atoms with E-state index in [-0.39, 0.29) is 24.3 Å². The standard InChI is InChI=1S/C17H25BO4/c1-7-12-10-14(9-8-13(12)11-15(19)20-6)18-21-16(2,3)17(4,5)22-18/h8-10H,7,11H2,1-6H3. The monoisotopic (exact) mass is 304 g/mol. The van der Waals surface area contributed by atoms with Gasteiger partial charge in [-0.05, 0) is 50.7 Å². The molecule has 2 rings (SSSR count). The highest BCUT2D eigenvalue weighted by Gasteiger charge is 2.51. The van der Waals surface area contributed by atoms with Gasteiger partial charge in [-0.3, -0.25) is 4.79 Å². The van der Waals surface area contributed by atoms with Gasteiger partial charge in [-0.25, -0.2) is 0 Å². The maximum atomic E-state index is 11.5. The second-order valence-corrected chi connectivity index (χ2v) is 6.72. The predicted octanol–water partition coefficient (Wildman–Crippen LogP) is 2.26. The van der Waals surface area contributed by atoms with Crippen LogP contribution in [-0.2, 0) is 31.7 Å². The maximum Gasteiger partial charge on any atom is 0.494 e. The summed E-state index contributed by atoms with van der Waals surface area (Å²) in [5.74, 6) is -0.224. The average molecular weight is 304 g/mol. The van der Waals surface area contributed by atoms with Crippen molar-refractivity contribution in [1.29, 1.82) is 0 Å². The molecule has 0 aromatic heterocycles. The molecule has 4 nitrogen and oxygen atoms in total. The van der Waals surface area contributed by atoms with Crippen LogP contribution in [0.25, 0.3) is 0 Å². The van der Waals surface area contributed by atoms with E-state index in [1.54, 1.807) is 0 Å². The number of hydrogen-bond acceptors (Lipinski definition) is 4. The molecule has 0 unspecified atom stereocenters. The lowest BCUT2D eigenvalue weighted by molar-refractivity contribution is -0.139. The van der Waals surface area contributed by atoms with Crippen molar-refractivity contribution in [1.82, 2.24) is 0 Å². The number of ether oxygens (including phenoxy) is 1. The van der Waals surface area contributed by atoms with E-state index in [1.807, 2.05) is 39.8 Å².